The Bertz CT molecular complexity index is 1120. The highest BCUT2D eigenvalue weighted by atomic mass is 16.5. The van der Waals surface area contributed by atoms with Gasteiger partial charge in [0.25, 0.3) is 5.91 Å². The summed E-state index contributed by atoms with van der Waals surface area (Å²) in [4.78, 5) is 16.8. The van der Waals surface area contributed by atoms with Crippen molar-refractivity contribution in [2.24, 2.45) is 16.5 Å². The van der Waals surface area contributed by atoms with E-state index in [0.717, 1.165) is 24.0 Å². The Balaban J connectivity index is 1.73. The van der Waals surface area contributed by atoms with E-state index in [-0.39, 0.29) is 11.4 Å². The molecule has 0 aromatic heterocycles. The second-order valence-corrected chi connectivity index (χ2v) is 7.39. The molecule has 0 aliphatic carbocycles. The summed E-state index contributed by atoms with van der Waals surface area (Å²) in [7, 11) is 4.47. The minimum Gasteiger partial charge on any atom is -0.493 e. The third-order valence-electron chi connectivity index (χ3n) is 5.40. The first-order chi connectivity index (χ1) is 16.0. The number of nitrogens with zero attached hydrogens (tertiary/aromatic N) is 1. The molecule has 0 aliphatic rings. The molecule has 0 spiro atoms. The average Bonchev–Trinajstić information content (AvgIpc) is 2.86. The van der Waals surface area contributed by atoms with Gasteiger partial charge in [-0.15, -0.1) is 0 Å². The molecule has 0 saturated carbocycles. The molecule has 0 fully saturated rings. The van der Waals surface area contributed by atoms with Crippen LogP contribution in [0.3, 0.4) is 0 Å². The first-order valence-electron chi connectivity index (χ1n) is 10.5. The number of methoxy groups -OCH3 is 3. The molecule has 4 N–H and O–H groups in total. The number of carbonyl (C=O) groups is 1. The summed E-state index contributed by atoms with van der Waals surface area (Å²) in [6.07, 6.45) is 1.77. The smallest absolute Gasteiger partial charge is 0.279 e. The van der Waals surface area contributed by atoms with Gasteiger partial charge < -0.3 is 25.7 Å². The molecule has 0 radical (unpaired) electrons. The van der Waals surface area contributed by atoms with Crippen LogP contribution in [0.1, 0.15) is 32.6 Å². The van der Waals surface area contributed by atoms with Crippen molar-refractivity contribution in [2.75, 3.05) is 21.3 Å². The van der Waals surface area contributed by atoms with E-state index < -0.39 is 5.91 Å². The highest BCUT2D eigenvalue weighted by molar-refractivity contribution is 6.09. The molecule has 0 heterocycles. The number of aryl methyl sites for hydroxylation is 2. The third kappa shape index (κ3) is 5.70. The molecule has 3 rings (SSSR count). The summed E-state index contributed by atoms with van der Waals surface area (Å²) in [6.45, 7) is 0.530. The van der Waals surface area contributed by atoms with Gasteiger partial charge in [0.1, 0.15) is 5.84 Å². The van der Waals surface area contributed by atoms with Crippen LogP contribution in [0.25, 0.3) is 0 Å². The molecule has 7 nitrogen and oxygen atoms in total. The fraction of sp³-hybridized carbons (Fsp3) is 0.231. The van der Waals surface area contributed by atoms with E-state index >= 15 is 0 Å². The second-order valence-electron chi connectivity index (χ2n) is 7.39. The van der Waals surface area contributed by atoms with Crippen LogP contribution >= 0.6 is 0 Å². The van der Waals surface area contributed by atoms with E-state index in [0.29, 0.717) is 29.4 Å². The van der Waals surface area contributed by atoms with Gasteiger partial charge in [0.05, 0.1) is 21.3 Å². The molecule has 7 heteroatoms. The number of benzene rings is 3. The van der Waals surface area contributed by atoms with Gasteiger partial charge in [-0.1, -0.05) is 48.5 Å². The number of rotatable bonds is 9. The number of nitrogens with two attached hydrogens (primary N) is 2. The van der Waals surface area contributed by atoms with Crippen LogP contribution in [0.4, 0.5) is 0 Å². The van der Waals surface area contributed by atoms with E-state index in [9.17, 15) is 4.79 Å². The standard InChI is InChI=1S/C26H29N3O4/c1-31-22-14-21(15-23(32-2)24(22)33-3)26(30)29-25(28)19-12-9-17(10-13-19)8-11-18-6-4-5-7-20(18)16-27/h4-7,9-10,12-15H,8,11,16,27H2,1-3H3,(H2,28,29,30). The van der Waals surface area contributed by atoms with Crippen LogP contribution in [0.5, 0.6) is 17.2 Å². The van der Waals surface area contributed by atoms with E-state index in [1.807, 2.05) is 36.4 Å². The second kappa shape index (κ2) is 11.2. The Hall–Kier alpha value is -3.84. The fourth-order valence-corrected chi connectivity index (χ4v) is 3.56. The quantitative estimate of drug-likeness (QED) is 0.384. The van der Waals surface area contributed by atoms with E-state index in [2.05, 4.69) is 17.1 Å². The Morgan fingerprint density at radius 3 is 1.97 bits per heavy atom. The van der Waals surface area contributed by atoms with Crippen molar-refractivity contribution in [3.8, 4) is 17.2 Å². The van der Waals surface area contributed by atoms with Gasteiger partial charge >= 0.3 is 0 Å². The van der Waals surface area contributed by atoms with Gasteiger partial charge in [0.15, 0.2) is 11.5 Å². The number of hydrogen-bond donors (Lipinski definition) is 2. The lowest BCUT2D eigenvalue weighted by molar-refractivity contribution is 0.100. The molecule has 172 valence electrons. The van der Waals surface area contributed by atoms with Gasteiger partial charge in [-0.05, 0) is 41.7 Å². The van der Waals surface area contributed by atoms with Crippen molar-refractivity contribution >= 4 is 11.7 Å². The summed E-state index contributed by atoms with van der Waals surface area (Å²) in [5, 5.41) is 0. The lowest BCUT2D eigenvalue weighted by Gasteiger charge is -2.13. The molecule has 33 heavy (non-hydrogen) atoms. The summed E-state index contributed by atoms with van der Waals surface area (Å²) in [6, 6.07) is 19.0. The summed E-state index contributed by atoms with van der Waals surface area (Å²) < 4.78 is 15.9. The SMILES string of the molecule is COc1cc(C(=O)N=C(N)c2ccc(CCc3ccccc3CN)cc2)cc(OC)c1OC. The van der Waals surface area contributed by atoms with Crippen molar-refractivity contribution in [2.45, 2.75) is 19.4 Å². The maximum atomic E-state index is 12.7. The first-order valence-corrected chi connectivity index (χ1v) is 10.5. The maximum absolute atomic E-state index is 12.7. The van der Waals surface area contributed by atoms with Crippen LogP contribution in [-0.2, 0) is 19.4 Å². The van der Waals surface area contributed by atoms with Gasteiger partial charge in [0.2, 0.25) is 5.75 Å². The predicted octanol–water partition coefficient (Wildman–Crippen LogP) is 3.50. The highest BCUT2D eigenvalue weighted by Crippen LogP contribution is 2.38. The Morgan fingerprint density at radius 1 is 0.818 bits per heavy atom. The van der Waals surface area contributed by atoms with E-state index in [1.54, 1.807) is 12.1 Å². The Morgan fingerprint density at radius 2 is 1.42 bits per heavy atom. The molecule has 0 aliphatic heterocycles. The van der Waals surface area contributed by atoms with Crippen LogP contribution in [0, 0.1) is 0 Å². The normalized spacial score (nSPS) is 11.2. The number of carbonyl (C=O) groups excluding carboxylic acids is 1. The summed E-state index contributed by atoms with van der Waals surface area (Å²) in [5.41, 5.74) is 16.5. The van der Waals surface area contributed by atoms with Crippen LogP contribution in [0.15, 0.2) is 65.7 Å². The largest absolute Gasteiger partial charge is 0.493 e. The van der Waals surface area contributed by atoms with Crippen LogP contribution < -0.4 is 25.7 Å². The van der Waals surface area contributed by atoms with Crippen molar-refractivity contribution in [1.29, 1.82) is 0 Å². The molecule has 3 aromatic carbocycles. The maximum Gasteiger partial charge on any atom is 0.279 e. The zero-order valence-electron chi connectivity index (χ0n) is 19.1. The highest BCUT2D eigenvalue weighted by Gasteiger charge is 2.17. The minimum absolute atomic E-state index is 0.133. The zero-order valence-corrected chi connectivity index (χ0v) is 19.1. The first kappa shape index (κ1) is 23.8. The number of hydrogen-bond acceptors (Lipinski definition) is 5. The van der Waals surface area contributed by atoms with E-state index in [1.165, 1.54) is 26.9 Å². The molecule has 1 amide bonds. The predicted molar refractivity (Wildman–Crippen MR) is 129 cm³/mol. The minimum atomic E-state index is -0.505. The van der Waals surface area contributed by atoms with Gasteiger partial charge in [-0.3, -0.25) is 4.79 Å². The average molecular weight is 448 g/mol. The van der Waals surface area contributed by atoms with Gasteiger partial charge in [-0.2, -0.15) is 4.99 Å². The summed E-state index contributed by atoms with van der Waals surface area (Å²) >= 11 is 0. The molecule has 0 unspecified atom stereocenters. The van der Waals surface area contributed by atoms with E-state index in [4.69, 9.17) is 25.7 Å². The molecular weight excluding hydrogens is 418 g/mol. The number of amidine groups is 1. The Kier molecular flexibility index (Phi) is 8.05. The molecule has 0 bridgehead atoms. The topological polar surface area (TPSA) is 109 Å². The number of ether oxygens (including phenoxy) is 3. The van der Waals surface area contributed by atoms with Crippen molar-refractivity contribution in [3.63, 3.8) is 0 Å². The lowest BCUT2D eigenvalue weighted by Crippen LogP contribution is -2.16. The number of aliphatic imine (C=N–C) groups is 1. The third-order valence-corrected chi connectivity index (χ3v) is 5.40. The summed E-state index contributed by atoms with van der Waals surface area (Å²) in [5.74, 6) is 0.769. The van der Waals surface area contributed by atoms with Crippen molar-refractivity contribution < 1.29 is 19.0 Å². The molecule has 0 atom stereocenters. The fourth-order valence-electron chi connectivity index (χ4n) is 3.56. The molecule has 0 saturated heterocycles. The van der Waals surface area contributed by atoms with Crippen molar-refractivity contribution in [3.05, 3.63) is 88.5 Å². The van der Waals surface area contributed by atoms with Gasteiger partial charge in [0, 0.05) is 17.7 Å². The lowest BCUT2D eigenvalue weighted by atomic mass is 9.99. The monoisotopic (exact) mass is 447 g/mol. The Labute approximate surface area is 194 Å². The molecular formula is C26H29N3O4. The molecule has 3 aromatic rings. The van der Waals surface area contributed by atoms with Crippen molar-refractivity contribution in [1.82, 2.24) is 0 Å². The van der Waals surface area contributed by atoms with Gasteiger partial charge in [-0.25, -0.2) is 0 Å². The zero-order chi connectivity index (χ0) is 23.8. The van der Waals surface area contributed by atoms with Crippen LogP contribution in [0.2, 0.25) is 0 Å². The van der Waals surface area contributed by atoms with Crippen LogP contribution in [-0.4, -0.2) is 33.1 Å². The number of amides is 1.